The fourth-order valence-electron chi connectivity index (χ4n) is 3.59. The number of anilines is 1. The molecule has 1 aliphatic carbocycles. The van der Waals surface area contributed by atoms with E-state index in [2.05, 4.69) is 22.2 Å². The van der Waals surface area contributed by atoms with Crippen LogP contribution in [-0.2, 0) is 22.9 Å². The van der Waals surface area contributed by atoms with Gasteiger partial charge in [0.1, 0.15) is 12.1 Å². The third kappa shape index (κ3) is 3.95. The molecule has 2 aliphatic rings. The Balaban J connectivity index is 0.00000192. The second kappa shape index (κ2) is 7.32. The number of halogens is 1. The van der Waals surface area contributed by atoms with Gasteiger partial charge in [-0.05, 0) is 31.6 Å². The van der Waals surface area contributed by atoms with Crippen LogP contribution in [0.3, 0.4) is 0 Å². The summed E-state index contributed by atoms with van der Waals surface area (Å²) in [6, 6.07) is 0.134. The predicted octanol–water partition coefficient (Wildman–Crippen LogP) is 1.86. The first-order valence-corrected chi connectivity index (χ1v) is 9.88. The lowest BCUT2D eigenvalue weighted by Gasteiger charge is -2.21. The van der Waals surface area contributed by atoms with E-state index in [1.807, 2.05) is 0 Å². The molecule has 130 valence electrons. The quantitative estimate of drug-likeness (QED) is 0.867. The van der Waals surface area contributed by atoms with Crippen molar-refractivity contribution < 1.29 is 8.42 Å². The molecule has 0 spiro atoms. The van der Waals surface area contributed by atoms with Gasteiger partial charge < -0.3 is 5.32 Å². The van der Waals surface area contributed by atoms with Gasteiger partial charge in [0.2, 0.25) is 10.0 Å². The summed E-state index contributed by atoms with van der Waals surface area (Å²) < 4.78 is 25.3. The molecule has 1 aromatic rings. The highest BCUT2D eigenvalue weighted by Crippen LogP contribution is 2.30. The summed E-state index contributed by atoms with van der Waals surface area (Å²) in [4.78, 5) is 8.75. The molecule has 3 rings (SSSR count). The van der Waals surface area contributed by atoms with Gasteiger partial charge in [-0.25, -0.2) is 18.4 Å². The number of hydrogen-bond donors (Lipinski definition) is 1. The molecule has 2 heterocycles. The Labute approximate surface area is 144 Å². The number of hydrogen-bond acceptors (Lipinski definition) is 5. The lowest BCUT2D eigenvalue weighted by Crippen LogP contribution is -2.31. The number of aromatic nitrogens is 2. The van der Waals surface area contributed by atoms with Crippen molar-refractivity contribution in [2.45, 2.75) is 45.1 Å². The van der Waals surface area contributed by atoms with Crippen molar-refractivity contribution in [3.63, 3.8) is 0 Å². The van der Waals surface area contributed by atoms with Crippen LogP contribution in [0, 0.1) is 5.92 Å². The maximum atomic E-state index is 11.8. The zero-order valence-electron chi connectivity index (χ0n) is 13.7. The molecule has 1 aromatic heterocycles. The third-order valence-corrected chi connectivity index (χ3v) is 5.97. The van der Waals surface area contributed by atoms with Gasteiger partial charge in [-0.15, -0.1) is 12.4 Å². The fraction of sp³-hybridized carbons (Fsp3) is 0.733. The Bertz CT molecular complexity index is 653. The Hall–Kier alpha value is -0.920. The molecule has 1 aliphatic heterocycles. The molecule has 0 bridgehead atoms. The lowest BCUT2D eigenvalue weighted by atomic mass is 9.98. The van der Waals surface area contributed by atoms with Crippen LogP contribution in [0.15, 0.2) is 6.33 Å². The van der Waals surface area contributed by atoms with Crippen LogP contribution in [0.25, 0.3) is 0 Å². The lowest BCUT2D eigenvalue weighted by molar-refractivity contribution is 0.445. The molecule has 6 nitrogen and oxygen atoms in total. The van der Waals surface area contributed by atoms with Crippen molar-refractivity contribution in [3.8, 4) is 0 Å². The smallest absolute Gasteiger partial charge is 0.211 e. The Morgan fingerprint density at radius 2 is 2.09 bits per heavy atom. The van der Waals surface area contributed by atoms with Crippen molar-refractivity contribution in [1.82, 2.24) is 14.3 Å². The molecule has 8 heteroatoms. The second-order valence-corrected chi connectivity index (χ2v) is 8.36. The van der Waals surface area contributed by atoms with Crippen molar-refractivity contribution in [3.05, 3.63) is 17.6 Å². The van der Waals surface area contributed by atoms with E-state index in [1.54, 1.807) is 10.6 Å². The zero-order chi connectivity index (χ0) is 15.7. The first-order chi connectivity index (χ1) is 10.5. The minimum Gasteiger partial charge on any atom is -0.365 e. The number of rotatable bonds is 5. The van der Waals surface area contributed by atoms with E-state index in [-0.39, 0.29) is 18.4 Å². The average molecular weight is 361 g/mol. The summed E-state index contributed by atoms with van der Waals surface area (Å²) in [6.45, 7) is 3.28. The molecular weight excluding hydrogens is 336 g/mol. The van der Waals surface area contributed by atoms with Crippen LogP contribution in [-0.4, -0.2) is 48.1 Å². The summed E-state index contributed by atoms with van der Waals surface area (Å²) >= 11 is 0. The normalized spacial score (nSPS) is 24.3. The van der Waals surface area contributed by atoms with E-state index in [0.717, 1.165) is 43.6 Å². The van der Waals surface area contributed by atoms with Gasteiger partial charge in [0.25, 0.3) is 0 Å². The molecule has 0 saturated carbocycles. The van der Waals surface area contributed by atoms with Crippen molar-refractivity contribution in [1.29, 1.82) is 0 Å². The number of nitrogens with zero attached hydrogens (tertiary/aromatic N) is 3. The Morgan fingerprint density at radius 3 is 2.78 bits per heavy atom. The third-order valence-electron chi connectivity index (χ3n) is 4.73. The molecule has 0 aromatic carbocycles. The van der Waals surface area contributed by atoms with Crippen molar-refractivity contribution in [2.75, 3.05) is 24.7 Å². The summed E-state index contributed by atoms with van der Waals surface area (Å²) in [5.41, 5.74) is 2.36. The fourth-order valence-corrected chi connectivity index (χ4v) is 4.48. The number of nitrogens with one attached hydrogen (secondary N) is 1. The molecule has 2 atom stereocenters. The monoisotopic (exact) mass is 360 g/mol. The highest BCUT2D eigenvalue weighted by Gasteiger charge is 2.37. The molecule has 1 N–H and O–H groups in total. The van der Waals surface area contributed by atoms with Crippen LogP contribution < -0.4 is 5.32 Å². The molecule has 23 heavy (non-hydrogen) atoms. The summed E-state index contributed by atoms with van der Waals surface area (Å²) in [6.07, 6.45) is 8.15. The Kier molecular flexibility index (Phi) is 5.86. The first kappa shape index (κ1) is 18.4. The van der Waals surface area contributed by atoms with E-state index < -0.39 is 10.0 Å². The second-order valence-electron chi connectivity index (χ2n) is 6.38. The van der Waals surface area contributed by atoms with E-state index >= 15 is 0 Å². The van der Waals surface area contributed by atoms with Crippen molar-refractivity contribution in [2.24, 2.45) is 5.92 Å². The molecular formula is C15H25ClN4O2S. The minimum absolute atomic E-state index is 0. The maximum absolute atomic E-state index is 11.8. The van der Waals surface area contributed by atoms with Gasteiger partial charge in [0.05, 0.1) is 6.26 Å². The molecule has 1 fully saturated rings. The van der Waals surface area contributed by atoms with Crippen LogP contribution in [0.2, 0.25) is 0 Å². The predicted molar refractivity (Wildman–Crippen MR) is 93.5 cm³/mol. The van der Waals surface area contributed by atoms with Crippen LogP contribution >= 0.6 is 12.4 Å². The number of sulfonamides is 1. The highest BCUT2D eigenvalue weighted by atomic mass is 35.5. The Morgan fingerprint density at radius 1 is 1.30 bits per heavy atom. The van der Waals surface area contributed by atoms with E-state index in [1.165, 1.54) is 11.8 Å². The maximum Gasteiger partial charge on any atom is 0.211 e. The van der Waals surface area contributed by atoms with E-state index in [0.29, 0.717) is 19.0 Å². The summed E-state index contributed by atoms with van der Waals surface area (Å²) in [7, 11) is -3.13. The van der Waals surface area contributed by atoms with Crippen LogP contribution in [0.1, 0.15) is 37.4 Å². The average Bonchev–Trinajstić information content (AvgIpc) is 3.06. The molecule has 1 saturated heterocycles. The number of fused-ring (bicyclic) bond motifs is 1. The zero-order valence-corrected chi connectivity index (χ0v) is 15.3. The van der Waals surface area contributed by atoms with Gasteiger partial charge >= 0.3 is 0 Å². The highest BCUT2D eigenvalue weighted by molar-refractivity contribution is 7.88. The van der Waals surface area contributed by atoms with Gasteiger partial charge in [-0.1, -0.05) is 13.3 Å². The van der Waals surface area contributed by atoms with Crippen LogP contribution in [0.4, 0.5) is 5.82 Å². The SMILES string of the molecule is CCC[C@H]1CN(S(C)(=O)=O)C[C@@H]1Nc1ncnc2c1CCC2.Cl. The van der Waals surface area contributed by atoms with Crippen molar-refractivity contribution >= 4 is 28.2 Å². The minimum atomic E-state index is -3.13. The van der Waals surface area contributed by atoms with Gasteiger partial charge in [0.15, 0.2) is 0 Å². The number of aryl methyl sites for hydroxylation is 1. The van der Waals surface area contributed by atoms with Gasteiger partial charge in [-0.3, -0.25) is 0 Å². The molecule has 0 amide bonds. The van der Waals surface area contributed by atoms with Gasteiger partial charge in [-0.2, -0.15) is 4.31 Å². The molecule has 0 radical (unpaired) electrons. The topological polar surface area (TPSA) is 75.2 Å². The van der Waals surface area contributed by atoms with E-state index in [4.69, 9.17) is 0 Å². The van der Waals surface area contributed by atoms with E-state index in [9.17, 15) is 8.42 Å². The summed E-state index contributed by atoms with van der Waals surface area (Å²) in [5.74, 6) is 1.25. The van der Waals surface area contributed by atoms with Crippen LogP contribution in [0.5, 0.6) is 0 Å². The standard InChI is InChI=1S/C15H24N4O2S.ClH/c1-3-5-11-8-19(22(2,20)21)9-14(11)18-15-12-6-4-7-13(12)16-10-17-15;/h10-11,14H,3-9H2,1-2H3,(H,16,17,18);1H/t11-,14-;/m0./s1. The van der Waals surface area contributed by atoms with Gasteiger partial charge in [0, 0.05) is 30.4 Å². The first-order valence-electron chi connectivity index (χ1n) is 8.03. The summed E-state index contributed by atoms with van der Waals surface area (Å²) in [5, 5.41) is 3.52. The largest absolute Gasteiger partial charge is 0.365 e. The molecule has 0 unspecified atom stereocenters.